The Balaban J connectivity index is 2.36. The summed E-state index contributed by atoms with van der Waals surface area (Å²) in [5.41, 5.74) is 4.58. The number of amides is 1. The Bertz CT molecular complexity index is 200. The predicted octanol–water partition coefficient (Wildman–Crippen LogP) is -0.293. The van der Waals surface area contributed by atoms with Gasteiger partial charge in [-0.3, -0.25) is 9.69 Å². The van der Waals surface area contributed by atoms with Gasteiger partial charge in [-0.25, -0.2) is 0 Å². The molecule has 4 heteroatoms. The minimum absolute atomic E-state index is 0.253. The van der Waals surface area contributed by atoms with Crippen molar-refractivity contribution < 1.29 is 9.90 Å². The number of nitrogens with two attached hydrogens (primary N) is 1. The van der Waals surface area contributed by atoms with E-state index in [4.69, 9.17) is 5.73 Å². The van der Waals surface area contributed by atoms with Gasteiger partial charge in [0.15, 0.2) is 0 Å². The van der Waals surface area contributed by atoms with Crippen molar-refractivity contribution in [3.63, 3.8) is 0 Å². The minimum atomic E-state index is -0.571. The molecule has 1 atom stereocenters. The lowest BCUT2D eigenvalue weighted by atomic mass is 9.88. The SMILES string of the molecule is CCCC1(O)CN(C(C)C(N)=O)C1. The lowest BCUT2D eigenvalue weighted by Crippen LogP contribution is -2.65. The molecule has 1 aliphatic rings. The molecule has 0 aromatic rings. The molecule has 1 heterocycles. The lowest BCUT2D eigenvalue weighted by molar-refractivity contribution is -0.141. The van der Waals surface area contributed by atoms with Crippen LogP contribution in [0.25, 0.3) is 0 Å². The Morgan fingerprint density at radius 1 is 1.69 bits per heavy atom. The molecule has 1 aliphatic heterocycles. The third kappa shape index (κ3) is 2.19. The zero-order valence-corrected chi connectivity index (χ0v) is 8.29. The van der Waals surface area contributed by atoms with Gasteiger partial charge in [-0.1, -0.05) is 13.3 Å². The summed E-state index contributed by atoms with van der Waals surface area (Å²) in [7, 11) is 0. The van der Waals surface area contributed by atoms with E-state index in [1.54, 1.807) is 6.92 Å². The molecule has 0 aliphatic carbocycles. The van der Waals surface area contributed by atoms with Crippen LogP contribution < -0.4 is 5.73 Å². The molecule has 0 radical (unpaired) electrons. The van der Waals surface area contributed by atoms with E-state index in [2.05, 4.69) is 0 Å². The van der Waals surface area contributed by atoms with Crippen LogP contribution >= 0.6 is 0 Å². The maximum atomic E-state index is 10.8. The van der Waals surface area contributed by atoms with Crippen LogP contribution in [0.1, 0.15) is 26.7 Å². The van der Waals surface area contributed by atoms with E-state index >= 15 is 0 Å². The molecule has 0 aromatic heterocycles. The first-order chi connectivity index (χ1) is 5.98. The molecule has 1 fully saturated rings. The highest BCUT2D eigenvalue weighted by Gasteiger charge is 2.43. The van der Waals surface area contributed by atoms with Crippen LogP contribution in [0.15, 0.2) is 0 Å². The van der Waals surface area contributed by atoms with E-state index in [-0.39, 0.29) is 11.9 Å². The van der Waals surface area contributed by atoms with Crippen LogP contribution in [0.4, 0.5) is 0 Å². The summed E-state index contributed by atoms with van der Waals surface area (Å²) in [6.07, 6.45) is 1.77. The number of carbonyl (C=O) groups is 1. The molecule has 0 saturated carbocycles. The third-order valence-electron chi connectivity index (χ3n) is 2.67. The van der Waals surface area contributed by atoms with E-state index in [1.807, 2.05) is 11.8 Å². The first-order valence-electron chi connectivity index (χ1n) is 4.74. The van der Waals surface area contributed by atoms with Gasteiger partial charge in [-0.05, 0) is 13.3 Å². The summed E-state index contributed by atoms with van der Waals surface area (Å²) < 4.78 is 0. The molecule has 0 spiro atoms. The number of carbonyl (C=O) groups excluding carboxylic acids is 1. The fourth-order valence-corrected chi connectivity index (χ4v) is 1.79. The molecule has 0 bridgehead atoms. The Morgan fingerprint density at radius 2 is 2.23 bits per heavy atom. The Labute approximate surface area is 78.7 Å². The fourth-order valence-electron chi connectivity index (χ4n) is 1.79. The number of nitrogens with zero attached hydrogens (tertiary/aromatic N) is 1. The number of primary amides is 1. The highest BCUT2D eigenvalue weighted by molar-refractivity contribution is 5.79. The first-order valence-corrected chi connectivity index (χ1v) is 4.74. The van der Waals surface area contributed by atoms with Gasteiger partial charge in [0.25, 0.3) is 0 Å². The monoisotopic (exact) mass is 186 g/mol. The van der Waals surface area contributed by atoms with Crippen LogP contribution in [-0.4, -0.2) is 40.6 Å². The van der Waals surface area contributed by atoms with E-state index in [0.717, 1.165) is 12.8 Å². The second-order valence-corrected chi connectivity index (χ2v) is 3.96. The van der Waals surface area contributed by atoms with Crippen LogP contribution in [0, 0.1) is 0 Å². The predicted molar refractivity (Wildman–Crippen MR) is 50.1 cm³/mol. The molecule has 1 amide bonds. The minimum Gasteiger partial charge on any atom is -0.387 e. The molecule has 1 rings (SSSR count). The Kier molecular flexibility index (Phi) is 2.93. The maximum absolute atomic E-state index is 10.8. The van der Waals surface area contributed by atoms with E-state index in [9.17, 15) is 9.90 Å². The Morgan fingerprint density at radius 3 is 2.62 bits per heavy atom. The zero-order chi connectivity index (χ0) is 10.1. The van der Waals surface area contributed by atoms with Crippen molar-refractivity contribution in [2.75, 3.05) is 13.1 Å². The first kappa shape index (κ1) is 10.5. The second-order valence-electron chi connectivity index (χ2n) is 3.96. The molecule has 13 heavy (non-hydrogen) atoms. The summed E-state index contributed by atoms with van der Waals surface area (Å²) in [5.74, 6) is -0.321. The van der Waals surface area contributed by atoms with Gasteiger partial charge < -0.3 is 10.8 Å². The number of hydrogen-bond donors (Lipinski definition) is 2. The van der Waals surface area contributed by atoms with Crippen LogP contribution in [0.2, 0.25) is 0 Å². The largest absolute Gasteiger partial charge is 0.387 e. The quantitative estimate of drug-likeness (QED) is 0.634. The molecular weight excluding hydrogens is 168 g/mol. The number of aliphatic hydroxyl groups is 1. The van der Waals surface area contributed by atoms with Crippen LogP contribution in [-0.2, 0) is 4.79 Å². The molecule has 1 unspecified atom stereocenters. The van der Waals surface area contributed by atoms with E-state index in [1.165, 1.54) is 0 Å². The summed E-state index contributed by atoms with van der Waals surface area (Å²) in [6, 6.07) is -0.253. The second kappa shape index (κ2) is 3.64. The highest BCUT2D eigenvalue weighted by Crippen LogP contribution is 2.27. The maximum Gasteiger partial charge on any atom is 0.234 e. The number of hydrogen-bond acceptors (Lipinski definition) is 3. The van der Waals surface area contributed by atoms with Crippen molar-refractivity contribution in [3.05, 3.63) is 0 Å². The van der Waals surface area contributed by atoms with Gasteiger partial charge in [-0.2, -0.15) is 0 Å². The molecule has 0 aromatic carbocycles. The standard InChI is InChI=1S/C9H18N2O2/c1-3-4-9(13)5-11(6-9)7(2)8(10)12/h7,13H,3-6H2,1-2H3,(H2,10,12). The third-order valence-corrected chi connectivity index (χ3v) is 2.67. The van der Waals surface area contributed by atoms with Crippen molar-refractivity contribution in [1.82, 2.24) is 4.90 Å². The summed E-state index contributed by atoms with van der Waals surface area (Å²) in [4.78, 5) is 12.7. The van der Waals surface area contributed by atoms with Crippen molar-refractivity contribution in [1.29, 1.82) is 0 Å². The van der Waals surface area contributed by atoms with Crippen molar-refractivity contribution >= 4 is 5.91 Å². The summed E-state index contributed by atoms with van der Waals surface area (Å²) >= 11 is 0. The fraction of sp³-hybridized carbons (Fsp3) is 0.889. The van der Waals surface area contributed by atoms with Gasteiger partial charge >= 0.3 is 0 Å². The van der Waals surface area contributed by atoms with Gasteiger partial charge in [0.1, 0.15) is 0 Å². The van der Waals surface area contributed by atoms with Crippen molar-refractivity contribution in [2.45, 2.75) is 38.3 Å². The number of rotatable bonds is 4. The van der Waals surface area contributed by atoms with E-state index < -0.39 is 5.60 Å². The smallest absolute Gasteiger partial charge is 0.234 e. The lowest BCUT2D eigenvalue weighted by Gasteiger charge is -2.48. The topological polar surface area (TPSA) is 66.6 Å². The van der Waals surface area contributed by atoms with Gasteiger partial charge in [0.2, 0.25) is 5.91 Å². The molecule has 1 saturated heterocycles. The summed E-state index contributed by atoms with van der Waals surface area (Å²) in [6.45, 7) is 4.96. The molecule has 4 nitrogen and oxygen atoms in total. The average molecular weight is 186 g/mol. The number of likely N-dealkylation sites (tertiary alicyclic amines) is 1. The number of β-amino-alcohol motifs (C(OH)–C–C–N with tert-alkyl or cyclic N) is 1. The summed E-state index contributed by atoms with van der Waals surface area (Å²) in [5, 5.41) is 9.82. The molecule has 76 valence electrons. The van der Waals surface area contributed by atoms with Gasteiger partial charge in [0.05, 0.1) is 11.6 Å². The van der Waals surface area contributed by atoms with Gasteiger partial charge in [-0.15, -0.1) is 0 Å². The van der Waals surface area contributed by atoms with Crippen molar-refractivity contribution in [2.24, 2.45) is 5.73 Å². The molecule has 3 N–H and O–H groups in total. The van der Waals surface area contributed by atoms with Crippen molar-refractivity contribution in [3.8, 4) is 0 Å². The van der Waals surface area contributed by atoms with Crippen LogP contribution in [0.5, 0.6) is 0 Å². The molecular formula is C9H18N2O2. The average Bonchev–Trinajstić information content (AvgIpc) is 1.99. The van der Waals surface area contributed by atoms with Gasteiger partial charge in [0, 0.05) is 13.1 Å². The Hall–Kier alpha value is -0.610. The highest BCUT2D eigenvalue weighted by atomic mass is 16.3. The van der Waals surface area contributed by atoms with E-state index in [0.29, 0.717) is 13.1 Å². The zero-order valence-electron chi connectivity index (χ0n) is 8.29. The normalized spacial score (nSPS) is 23.6. The van der Waals surface area contributed by atoms with Crippen LogP contribution in [0.3, 0.4) is 0 Å².